The lowest BCUT2D eigenvalue weighted by Gasteiger charge is -2.30. The summed E-state index contributed by atoms with van der Waals surface area (Å²) in [5, 5.41) is 3.16. The Morgan fingerprint density at radius 2 is 1.71 bits per heavy atom. The lowest BCUT2D eigenvalue weighted by atomic mass is 10.0. The summed E-state index contributed by atoms with van der Waals surface area (Å²) < 4.78 is 11.4. The second-order valence-corrected chi connectivity index (χ2v) is 9.26. The van der Waals surface area contributed by atoms with E-state index >= 15 is 0 Å². The fourth-order valence-electron chi connectivity index (χ4n) is 4.59. The van der Waals surface area contributed by atoms with Crippen molar-refractivity contribution in [2.45, 2.75) is 84.8 Å². The fraction of sp³-hybridized carbons (Fsp3) is 0.517. The summed E-state index contributed by atoms with van der Waals surface area (Å²) in [6.07, 6.45) is 5.21. The molecule has 35 heavy (non-hydrogen) atoms. The molecule has 0 unspecified atom stereocenters. The molecule has 0 spiro atoms. The summed E-state index contributed by atoms with van der Waals surface area (Å²) >= 11 is 0. The molecule has 0 aliphatic heterocycles. The average Bonchev–Trinajstić information content (AvgIpc) is 3.36. The standard InChI is InChI=1S/C29H40N2O4/c1-5-34-26-17-15-23(19-27(26)35-6-2)16-18-28(32)31(20-24-12-8-7-11-21(24)3)22(4)29(33)30-25-13-9-10-14-25/h7-8,11-12,15,17,19,22,25H,5-6,9-10,13-14,16,18,20H2,1-4H3,(H,30,33)/t22-/m1/s1. The van der Waals surface area contributed by atoms with E-state index in [1.54, 1.807) is 4.90 Å². The van der Waals surface area contributed by atoms with Gasteiger partial charge in [0.25, 0.3) is 0 Å². The lowest BCUT2D eigenvalue weighted by molar-refractivity contribution is -0.140. The molecule has 1 fully saturated rings. The predicted molar refractivity (Wildman–Crippen MR) is 139 cm³/mol. The number of hydrogen-bond acceptors (Lipinski definition) is 4. The third kappa shape index (κ3) is 7.48. The van der Waals surface area contributed by atoms with Crippen LogP contribution in [0.25, 0.3) is 0 Å². The van der Waals surface area contributed by atoms with E-state index < -0.39 is 6.04 Å². The van der Waals surface area contributed by atoms with Crippen LogP contribution in [0.3, 0.4) is 0 Å². The molecule has 0 heterocycles. The van der Waals surface area contributed by atoms with E-state index in [0.717, 1.165) is 42.4 Å². The Hall–Kier alpha value is -3.02. The zero-order chi connectivity index (χ0) is 25.2. The number of aryl methyl sites for hydroxylation is 2. The van der Waals surface area contributed by atoms with E-state index in [1.807, 2.05) is 70.2 Å². The molecule has 1 saturated carbocycles. The van der Waals surface area contributed by atoms with E-state index in [1.165, 1.54) is 0 Å². The summed E-state index contributed by atoms with van der Waals surface area (Å²) in [5.41, 5.74) is 3.17. The van der Waals surface area contributed by atoms with E-state index in [2.05, 4.69) is 5.32 Å². The Labute approximate surface area is 210 Å². The molecule has 1 aliphatic rings. The Balaban J connectivity index is 1.73. The molecule has 1 aliphatic carbocycles. The number of amides is 2. The summed E-state index contributed by atoms with van der Waals surface area (Å²) in [6.45, 7) is 9.27. The third-order valence-electron chi connectivity index (χ3n) is 6.71. The van der Waals surface area contributed by atoms with Gasteiger partial charge in [-0.25, -0.2) is 0 Å². The number of ether oxygens (including phenoxy) is 2. The first-order valence-corrected chi connectivity index (χ1v) is 13.0. The zero-order valence-corrected chi connectivity index (χ0v) is 21.6. The van der Waals surface area contributed by atoms with Crippen molar-refractivity contribution in [3.8, 4) is 11.5 Å². The number of hydrogen-bond donors (Lipinski definition) is 1. The van der Waals surface area contributed by atoms with Crippen LogP contribution in [0.2, 0.25) is 0 Å². The number of nitrogens with one attached hydrogen (secondary N) is 1. The lowest BCUT2D eigenvalue weighted by Crippen LogP contribution is -2.49. The van der Waals surface area contributed by atoms with Gasteiger partial charge in [-0.2, -0.15) is 0 Å². The van der Waals surface area contributed by atoms with Crippen molar-refractivity contribution < 1.29 is 19.1 Å². The van der Waals surface area contributed by atoms with Crippen molar-refractivity contribution in [1.29, 1.82) is 0 Å². The summed E-state index contributed by atoms with van der Waals surface area (Å²) in [6, 6.07) is 13.5. The van der Waals surface area contributed by atoms with Gasteiger partial charge in [0.15, 0.2) is 11.5 Å². The molecule has 0 saturated heterocycles. The fourth-order valence-corrected chi connectivity index (χ4v) is 4.59. The molecule has 0 aromatic heterocycles. The van der Waals surface area contributed by atoms with E-state index in [9.17, 15) is 9.59 Å². The molecule has 2 aromatic carbocycles. The van der Waals surface area contributed by atoms with Crippen LogP contribution in [-0.4, -0.2) is 42.0 Å². The molecule has 1 atom stereocenters. The largest absolute Gasteiger partial charge is 0.490 e. The van der Waals surface area contributed by atoms with E-state index in [4.69, 9.17) is 9.47 Å². The maximum atomic E-state index is 13.5. The minimum Gasteiger partial charge on any atom is -0.490 e. The topological polar surface area (TPSA) is 67.9 Å². The summed E-state index contributed by atoms with van der Waals surface area (Å²) in [7, 11) is 0. The second kappa shape index (κ2) is 13.2. The van der Waals surface area contributed by atoms with Crippen LogP contribution >= 0.6 is 0 Å². The van der Waals surface area contributed by atoms with Gasteiger partial charge in [-0.1, -0.05) is 43.2 Å². The Bertz CT molecular complexity index is 984. The highest BCUT2D eigenvalue weighted by molar-refractivity contribution is 5.87. The van der Waals surface area contributed by atoms with Gasteiger partial charge in [0.05, 0.1) is 13.2 Å². The van der Waals surface area contributed by atoms with Gasteiger partial charge in [0.1, 0.15) is 6.04 Å². The van der Waals surface area contributed by atoms with Crippen LogP contribution < -0.4 is 14.8 Å². The van der Waals surface area contributed by atoms with Crippen molar-refractivity contribution in [2.75, 3.05) is 13.2 Å². The van der Waals surface area contributed by atoms with Crippen molar-refractivity contribution in [3.63, 3.8) is 0 Å². The monoisotopic (exact) mass is 480 g/mol. The Morgan fingerprint density at radius 1 is 1.03 bits per heavy atom. The van der Waals surface area contributed by atoms with Crippen LogP contribution in [0.4, 0.5) is 0 Å². The number of carbonyl (C=O) groups is 2. The van der Waals surface area contributed by atoms with Crippen LogP contribution in [0, 0.1) is 6.92 Å². The molecule has 0 radical (unpaired) electrons. The van der Waals surface area contributed by atoms with E-state index in [0.29, 0.717) is 44.1 Å². The highest BCUT2D eigenvalue weighted by atomic mass is 16.5. The number of nitrogens with zero attached hydrogens (tertiary/aromatic N) is 1. The minimum atomic E-state index is -0.540. The zero-order valence-electron chi connectivity index (χ0n) is 21.6. The minimum absolute atomic E-state index is 0.0332. The van der Waals surface area contributed by atoms with Crippen molar-refractivity contribution in [2.24, 2.45) is 0 Å². The molecule has 6 heteroatoms. The maximum Gasteiger partial charge on any atom is 0.242 e. The summed E-state index contributed by atoms with van der Waals surface area (Å²) in [5.74, 6) is 1.30. The van der Waals surface area contributed by atoms with Gasteiger partial charge >= 0.3 is 0 Å². The molecule has 6 nitrogen and oxygen atoms in total. The smallest absolute Gasteiger partial charge is 0.242 e. The average molecular weight is 481 g/mol. The van der Waals surface area contributed by atoms with Crippen LogP contribution in [-0.2, 0) is 22.6 Å². The molecule has 2 aromatic rings. The van der Waals surface area contributed by atoms with Gasteiger partial charge < -0.3 is 19.7 Å². The number of benzene rings is 2. The third-order valence-corrected chi connectivity index (χ3v) is 6.71. The van der Waals surface area contributed by atoms with Gasteiger partial charge in [0, 0.05) is 19.0 Å². The highest BCUT2D eigenvalue weighted by Gasteiger charge is 2.28. The first-order valence-electron chi connectivity index (χ1n) is 13.0. The maximum absolute atomic E-state index is 13.5. The molecule has 3 rings (SSSR count). The normalized spacial score (nSPS) is 14.4. The predicted octanol–water partition coefficient (Wildman–Crippen LogP) is 5.20. The number of carbonyl (C=O) groups excluding carboxylic acids is 2. The molecule has 1 N–H and O–H groups in total. The van der Waals surface area contributed by atoms with Gasteiger partial charge in [-0.3, -0.25) is 9.59 Å². The molecular weight excluding hydrogens is 440 g/mol. The molecular formula is C29H40N2O4. The highest BCUT2D eigenvalue weighted by Crippen LogP contribution is 2.29. The Kier molecular flexibility index (Phi) is 10.0. The van der Waals surface area contributed by atoms with Crippen molar-refractivity contribution in [1.82, 2.24) is 10.2 Å². The first-order chi connectivity index (χ1) is 16.9. The van der Waals surface area contributed by atoms with Crippen LogP contribution in [0.1, 0.15) is 69.6 Å². The van der Waals surface area contributed by atoms with Crippen molar-refractivity contribution in [3.05, 3.63) is 59.2 Å². The van der Waals surface area contributed by atoms with Crippen LogP contribution in [0.5, 0.6) is 11.5 Å². The molecule has 2 amide bonds. The van der Waals surface area contributed by atoms with Gasteiger partial charge in [-0.05, 0) is 75.8 Å². The Morgan fingerprint density at radius 3 is 2.40 bits per heavy atom. The van der Waals surface area contributed by atoms with Gasteiger partial charge in [0.2, 0.25) is 11.8 Å². The SMILES string of the molecule is CCOc1ccc(CCC(=O)N(Cc2ccccc2C)[C@H](C)C(=O)NC2CCCC2)cc1OCC. The number of rotatable bonds is 12. The van der Waals surface area contributed by atoms with Gasteiger partial charge in [-0.15, -0.1) is 0 Å². The molecule has 0 bridgehead atoms. The first kappa shape index (κ1) is 26.6. The summed E-state index contributed by atoms with van der Waals surface area (Å²) in [4.78, 5) is 28.3. The van der Waals surface area contributed by atoms with Crippen molar-refractivity contribution >= 4 is 11.8 Å². The quantitative estimate of drug-likeness (QED) is 0.453. The molecule has 190 valence electrons. The van der Waals surface area contributed by atoms with Crippen LogP contribution in [0.15, 0.2) is 42.5 Å². The van der Waals surface area contributed by atoms with E-state index in [-0.39, 0.29) is 17.9 Å². The second-order valence-electron chi connectivity index (χ2n) is 9.26.